The Morgan fingerprint density at radius 1 is 1.32 bits per heavy atom. The van der Waals surface area contributed by atoms with Crippen molar-refractivity contribution in [2.75, 3.05) is 5.32 Å². The van der Waals surface area contributed by atoms with E-state index in [0.717, 1.165) is 35.0 Å². The normalized spacial score (nSPS) is 15.8. The predicted molar refractivity (Wildman–Crippen MR) is 113 cm³/mol. The third-order valence-electron chi connectivity index (χ3n) is 5.55. The number of nitrogens with zero attached hydrogens (tertiary/aromatic N) is 3. The molecular weight excluding hydrogens is 370 g/mol. The standard InChI is InChI=1S/C21H25N5OS/c1-3-12(2)17(18(22)27)24-20-16-14-8-4-5-9-15(14)28-21(16)26-19(25-20)13-7-6-10-23-11-13/h6-7,10-12,17H,3-5,8-9H2,1-2H3,(H2,22,27)(H,24,25,26). The van der Waals surface area contributed by atoms with Gasteiger partial charge >= 0.3 is 0 Å². The molecular formula is C21H25N5OS. The molecule has 2 atom stereocenters. The minimum absolute atomic E-state index is 0.110. The van der Waals surface area contributed by atoms with Crippen molar-refractivity contribution in [1.82, 2.24) is 15.0 Å². The average molecular weight is 396 g/mol. The van der Waals surface area contributed by atoms with Crippen molar-refractivity contribution in [3.63, 3.8) is 0 Å². The molecule has 0 fully saturated rings. The molecule has 28 heavy (non-hydrogen) atoms. The van der Waals surface area contributed by atoms with Crippen LogP contribution in [0.2, 0.25) is 0 Å². The summed E-state index contributed by atoms with van der Waals surface area (Å²) in [5.74, 6) is 1.09. The first-order valence-electron chi connectivity index (χ1n) is 9.87. The minimum Gasteiger partial charge on any atom is -0.368 e. The number of nitrogens with one attached hydrogen (secondary N) is 1. The van der Waals surface area contributed by atoms with Crippen molar-refractivity contribution >= 4 is 33.3 Å². The fourth-order valence-electron chi connectivity index (χ4n) is 3.76. The number of nitrogens with two attached hydrogens (primary N) is 1. The second-order valence-corrected chi connectivity index (χ2v) is 8.52. The van der Waals surface area contributed by atoms with E-state index in [4.69, 9.17) is 15.7 Å². The largest absolute Gasteiger partial charge is 0.368 e. The number of fused-ring (bicyclic) bond motifs is 3. The molecule has 1 aliphatic carbocycles. The van der Waals surface area contributed by atoms with Gasteiger partial charge in [0.1, 0.15) is 16.7 Å². The van der Waals surface area contributed by atoms with Crippen LogP contribution in [0, 0.1) is 5.92 Å². The highest BCUT2D eigenvalue weighted by Crippen LogP contribution is 2.40. The van der Waals surface area contributed by atoms with Crippen LogP contribution in [-0.4, -0.2) is 26.9 Å². The van der Waals surface area contributed by atoms with Gasteiger partial charge in [-0.05, 0) is 49.3 Å². The van der Waals surface area contributed by atoms with E-state index in [1.165, 1.54) is 23.3 Å². The molecule has 7 heteroatoms. The van der Waals surface area contributed by atoms with Crippen LogP contribution in [0.3, 0.4) is 0 Å². The summed E-state index contributed by atoms with van der Waals surface area (Å²) >= 11 is 1.74. The summed E-state index contributed by atoms with van der Waals surface area (Å²) in [6.07, 6.45) is 8.85. The molecule has 0 spiro atoms. The van der Waals surface area contributed by atoms with Gasteiger partial charge in [-0.3, -0.25) is 9.78 Å². The Kier molecular flexibility index (Phi) is 5.26. The van der Waals surface area contributed by atoms with Gasteiger partial charge in [-0.2, -0.15) is 0 Å². The van der Waals surface area contributed by atoms with E-state index in [2.05, 4.69) is 17.2 Å². The molecule has 4 rings (SSSR count). The molecule has 3 heterocycles. The fourth-order valence-corrected chi connectivity index (χ4v) is 5.02. The summed E-state index contributed by atoms with van der Waals surface area (Å²) in [6.45, 7) is 4.09. The molecule has 1 aliphatic rings. The molecule has 6 nitrogen and oxygen atoms in total. The molecule has 0 aliphatic heterocycles. The van der Waals surface area contributed by atoms with E-state index in [1.54, 1.807) is 23.7 Å². The first kappa shape index (κ1) is 18.8. The summed E-state index contributed by atoms with van der Waals surface area (Å²) in [5.41, 5.74) is 7.91. The maximum absolute atomic E-state index is 12.1. The molecule has 0 saturated heterocycles. The second kappa shape index (κ2) is 7.83. The Morgan fingerprint density at radius 3 is 2.86 bits per heavy atom. The fraction of sp³-hybridized carbons (Fsp3) is 0.429. The molecule has 2 unspecified atom stereocenters. The number of pyridine rings is 1. The van der Waals surface area contributed by atoms with E-state index in [0.29, 0.717) is 11.6 Å². The topological polar surface area (TPSA) is 93.8 Å². The van der Waals surface area contributed by atoms with Crippen LogP contribution in [-0.2, 0) is 17.6 Å². The summed E-state index contributed by atoms with van der Waals surface area (Å²) < 4.78 is 0. The van der Waals surface area contributed by atoms with Gasteiger partial charge in [0.15, 0.2) is 5.82 Å². The number of thiophene rings is 1. The lowest BCUT2D eigenvalue weighted by Gasteiger charge is -2.23. The highest BCUT2D eigenvalue weighted by Gasteiger charge is 2.26. The monoisotopic (exact) mass is 395 g/mol. The summed E-state index contributed by atoms with van der Waals surface area (Å²) in [5, 5.41) is 4.44. The number of hydrogen-bond acceptors (Lipinski definition) is 6. The van der Waals surface area contributed by atoms with Crippen molar-refractivity contribution in [1.29, 1.82) is 0 Å². The molecule has 0 bridgehead atoms. The number of carbonyl (C=O) groups excluding carboxylic acids is 1. The van der Waals surface area contributed by atoms with Gasteiger partial charge in [-0.15, -0.1) is 11.3 Å². The van der Waals surface area contributed by atoms with Gasteiger partial charge in [-0.1, -0.05) is 20.3 Å². The third-order valence-corrected chi connectivity index (χ3v) is 6.73. The third kappa shape index (κ3) is 3.46. The van der Waals surface area contributed by atoms with Gasteiger partial charge in [0.25, 0.3) is 0 Å². The molecule has 0 aromatic carbocycles. The lowest BCUT2D eigenvalue weighted by Crippen LogP contribution is -2.40. The van der Waals surface area contributed by atoms with Gasteiger partial charge in [-0.25, -0.2) is 9.97 Å². The summed E-state index contributed by atoms with van der Waals surface area (Å²) in [7, 11) is 0. The maximum Gasteiger partial charge on any atom is 0.240 e. The Hall–Kier alpha value is -2.54. The number of aryl methyl sites for hydroxylation is 2. The Labute approximate surface area is 168 Å². The van der Waals surface area contributed by atoms with Crippen molar-refractivity contribution in [2.24, 2.45) is 11.7 Å². The summed E-state index contributed by atoms with van der Waals surface area (Å²) in [4.78, 5) is 28.4. The molecule has 1 amide bonds. The zero-order valence-corrected chi connectivity index (χ0v) is 17.1. The van der Waals surface area contributed by atoms with Crippen molar-refractivity contribution in [3.8, 4) is 11.4 Å². The van der Waals surface area contributed by atoms with E-state index in [-0.39, 0.29) is 11.8 Å². The van der Waals surface area contributed by atoms with Gasteiger partial charge in [0.05, 0.1) is 5.39 Å². The van der Waals surface area contributed by atoms with Crippen molar-refractivity contribution in [3.05, 3.63) is 35.0 Å². The number of anilines is 1. The van der Waals surface area contributed by atoms with Crippen molar-refractivity contribution in [2.45, 2.75) is 52.0 Å². The first-order chi connectivity index (χ1) is 13.6. The molecule has 0 saturated carbocycles. The Balaban J connectivity index is 1.88. The highest BCUT2D eigenvalue weighted by atomic mass is 32.1. The van der Waals surface area contributed by atoms with Crippen molar-refractivity contribution < 1.29 is 4.79 Å². The van der Waals surface area contributed by atoms with Crippen LogP contribution in [0.1, 0.15) is 43.6 Å². The molecule has 146 valence electrons. The number of carbonyl (C=O) groups is 1. The lowest BCUT2D eigenvalue weighted by atomic mass is 9.96. The van der Waals surface area contributed by atoms with E-state index in [9.17, 15) is 4.79 Å². The van der Waals surface area contributed by atoms with E-state index >= 15 is 0 Å². The second-order valence-electron chi connectivity index (χ2n) is 7.44. The number of amides is 1. The average Bonchev–Trinajstić information content (AvgIpc) is 3.10. The zero-order chi connectivity index (χ0) is 19.7. The van der Waals surface area contributed by atoms with Crippen LogP contribution in [0.4, 0.5) is 5.82 Å². The first-order valence-corrected chi connectivity index (χ1v) is 10.7. The number of aromatic nitrogens is 3. The van der Waals surface area contributed by atoms with Gasteiger partial charge < -0.3 is 11.1 Å². The van der Waals surface area contributed by atoms with Crippen LogP contribution >= 0.6 is 11.3 Å². The van der Waals surface area contributed by atoms with E-state index in [1.807, 2.05) is 19.1 Å². The SMILES string of the molecule is CCC(C)C(Nc1nc(-c2cccnc2)nc2sc3c(c12)CCCC3)C(N)=O. The molecule has 3 N–H and O–H groups in total. The smallest absolute Gasteiger partial charge is 0.240 e. The quantitative estimate of drug-likeness (QED) is 0.659. The molecule has 0 radical (unpaired) electrons. The Morgan fingerprint density at radius 2 is 2.14 bits per heavy atom. The lowest BCUT2D eigenvalue weighted by molar-refractivity contribution is -0.119. The Bertz CT molecular complexity index is 1000. The predicted octanol–water partition coefficient (Wildman–Crippen LogP) is 3.94. The maximum atomic E-state index is 12.1. The van der Waals surface area contributed by atoms with Crippen LogP contribution in [0.15, 0.2) is 24.5 Å². The number of rotatable bonds is 6. The van der Waals surface area contributed by atoms with Crippen LogP contribution < -0.4 is 11.1 Å². The van der Waals surface area contributed by atoms with Gasteiger partial charge in [0, 0.05) is 22.8 Å². The summed E-state index contributed by atoms with van der Waals surface area (Å²) in [6, 6.07) is 3.36. The molecule has 3 aromatic heterocycles. The zero-order valence-electron chi connectivity index (χ0n) is 16.2. The number of hydrogen-bond donors (Lipinski definition) is 2. The van der Waals surface area contributed by atoms with Crippen LogP contribution in [0.25, 0.3) is 21.6 Å². The van der Waals surface area contributed by atoms with E-state index < -0.39 is 6.04 Å². The highest BCUT2D eigenvalue weighted by molar-refractivity contribution is 7.19. The van der Waals surface area contributed by atoms with Crippen LogP contribution in [0.5, 0.6) is 0 Å². The molecule has 3 aromatic rings. The minimum atomic E-state index is -0.469. The van der Waals surface area contributed by atoms with Gasteiger partial charge in [0.2, 0.25) is 5.91 Å². The number of primary amides is 1.